The van der Waals surface area contributed by atoms with Gasteiger partial charge in [0.15, 0.2) is 5.71 Å². The van der Waals surface area contributed by atoms with Gasteiger partial charge in [0.1, 0.15) is 11.0 Å². The normalized spacial score (nSPS) is 15.6. The quantitative estimate of drug-likeness (QED) is 0.761. The highest BCUT2D eigenvalue weighted by Crippen LogP contribution is 2.25. The zero-order valence-electron chi connectivity index (χ0n) is 10.3. The fourth-order valence-corrected chi connectivity index (χ4v) is 1.73. The number of alkyl halides is 3. The lowest BCUT2D eigenvalue weighted by Crippen LogP contribution is -2.28. The number of hydrogen-bond donors (Lipinski definition) is 0. The summed E-state index contributed by atoms with van der Waals surface area (Å²) in [4.78, 5) is 0. The van der Waals surface area contributed by atoms with Crippen LogP contribution < -0.4 is 0 Å². The predicted octanol–water partition coefficient (Wildman–Crippen LogP) is 3.50. The van der Waals surface area contributed by atoms with Crippen molar-refractivity contribution in [2.75, 3.05) is 0 Å². The summed E-state index contributed by atoms with van der Waals surface area (Å²) in [5, 5.41) is 0. The van der Waals surface area contributed by atoms with Crippen LogP contribution in [0.2, 0.25) is 0 Å². The lowest BCUT2D eigenvalue weighted by molar-refractivity contribution is -0.0578. The Balaban J connectivity index is 3.25. The lowest BCUT2D eigenvalue weighted by Gasteiger charge is -2.16. The number of halogens is 3. The van der Waals surface area contributed by atoms with Crippen LogP contribution in [-0.2, 0) is 11.0 Å². The summed E-state index contributed by atoms with van der Waals surface area (Å²) in [5.41, 5.74) is -1.18. The van der Waals surface area contributed by atoms with E-state index < -0.39 is 27.6 Å². The zero-order valence-corrected chi connectivity index (χ0v) is 11.1. The van der Waals surface area contributed by atoms with Gasteiger partial charge in [-0.2, -0.15) is 17.6 Å². The van der Waals surface area contributed by atoms with Crippen molar-refractivity contribution in [2.45, 2.75) is 31.7 Å². The van der Waals surface area contributed by atoms with E-state index in [1.807, 2.05) is 0 Å². The van der Waals surface area contributed by atoms with E-state index in [0.29, 0.717) is 0 Å². The highest BCUT2D eigenvalue weighted by Gasteiger charge is 2.38. The molecule has 18 heavy (non-hydrogen) atoms. The largest absolute Gasteiger partial charge is 0.434 e. The van der Waals surface area contributed by atoms with Crippen molar-refractivity contribution in [3.8, 4) is 0 Å². The Hall–Kier alpha value is -1.17. The third-order valence-corrected chi connectivity index (χ3v) is 3.41. The minimum absolute atomic E-state index is 0.0809. The second kappa shape index (κ2) is 5.22. The van der Waals surface area contributed by atoms with E-state index in [1.54, 1.807) is 26.8 Å². The van der Waals surface area contributed by atoms with Crippen molar-refractivity contribution in [1.82, 2.24) is 0 Å². The Morgan fingerprint density at radius 3 is 2.00 bits per heavy atom. The van der Waals surface area contributed by atoms with Crippen LogP contribution in [0.5, 0.6) is 0 Å². The van der Waals surface area contributed by atoms with E-state index in [9.17, 15) is 17.4 Å². The molecule has 1 aromatic rings. The second-order valence-electron chi connectivity index (χ2n) is 4.67. The maximum Gasteiger partial charge on any atom is 0.434 e. The van der Waals surface area contributed by atoms with Gasteiger partial charge in [-0.3, -0.25) is 0 Å². The van der Waals surface area contributed by atoms with E-state index in [-0.39, 0.29) is 5.56 Å². The summed E-state index contributed by atoms with van der Waals surface area (Å²) in [7, 11) is -1.95. The molecule has 0 aliphatic heterocycles. The molecule has 1 atom stereocenters. The average Bonchev–Trinajstić information content (AvgIpc) is 2.23. The second-order valence-corrected chi connectivity index (χ2v) is 6.57. The molecule has 2 nitrogen and oxygen atoms in total. The van der Waals surface area contributed by atoms with Crippen molar-refractivity contribution in [2.24, 2.45) is 4.40 Å². The molecule has 0 spiro atoms. The summed E-state index contributed by atoms with van der Waals surface area (Å²) in [6, 6.07) is 7.17. The molecule has 0 aliphatic rings. The van der Waals surface area contributed by atoms with Crippen molar-refractivity contribution in [1.29, 1.82) is 0 Å². The van der Waals surface area contributed by atoms with Gasteiger partial charge >= 0.3 is 6.18 Å². The summed E-state index contributed by atoms with van der Waals surface area (Å²) >= 11 is 0. The van der Waals surface area contributed by atoms with Crippen LogP contribution in [0.15, 0.2) is 34.7 Å². The first-order chi connectivity index (χ1) is 8.12. The number of nitrogens with zero attached hydrogens (tertiary/aromatic N) is 1. The van der Waals surface area contributed by atoms with Crippen molar-refractivity contribution in [3.05, 3.63) is 35.9 Å². The minimum atomic E-state index is -4.62. The van der Waals surface area contributed by atoms with Crippen LogP contribution in [0, 0.1) is 0 Å². The van der Waals surface area contributed by atoms with Crippen LogP contribution in [0.4, 0.5) is 13.2 Å². The molecule has 1 aromatic carbocycles. The molecule has 0 saturated carbocycles. The topological polar surface area (TPSA) is 29.4 Å². The third kappa shape index (κ3) is 3.94. The Morgan fingerprint density at radius 2 is 1.61 bits per heavy atom. The van der Waals surface area contributed by atoms with Gasteiger partial charge in [-0.1, -0.05) is 30.3 Å². The molecule has 0 aromatic heterocycles. The van der Waals surface area contributed by atoms with Gasteiger partial charge < -0.3 is 0 Å². The first-order valence-corrected chi connectivity index (χ1v) is 6.36. The monoisotopic (exact) mass is 277 g/mol. The van der Waals surface area contributed by atoms with Crippen molar-refractivity contribution >= 4 is 16.7 Å². The van der Waals surface area contributed by atoms with E-state index in [4.69, 9.17) is 0 Å². The maximum atomic E-state index is 12.9. The first-order valence-electron chi connectivity index (χ1n) is 5.25. The van der Waals surface area contributed by atoms with Crippen LogP contribution in [0.25, 0.3) is 0 Å². The minimum Gasteiger partial charge on any atom is -0.234 e. The van der Waals surface area contributed by atoms with E-state index in [1.165, 1.54) is 24.3 Å². The molecule has 0 heterocycles. The van der Waals surface area contributed by atoms with Gasteiger partial charge in [-0.15, -0.1) is 0 Å². The lowest BCUT2D eigenvalue weighted by atomic mass is 10.1. The smallest absolute Gasteiger partial charge is 0.234 e. The number of hydrogen-bond acceptors (Lipinski definition) is 1. The van der Waals surface area contributed by atoms with E-state index >= 15 is 0 Å². The van der Waals surface area contributed by atoms with Gasteiger partial charge in [0.05, 0.1) is 4.75 Å². The molecule has 0 N–H and O–H groups in total. The Morgan fingerprint density at radius 1 is 1.11 bits per heavy atom. The highest BCUT2D eigenvalue weighted by atomic mass is 32.2. The Kier molecular flexibility index (Phi) is 4.32. The first kappa shape index (κ1) is 14.9. The Labute approximate surface area is 107 Å². The van der Waals surface area contributed by atoms with Gasteiger partial charge in [0.25, 0.3) is 0 Å². The summed E-state index contributed by atoms with van der Waals surface area (Å²) in [6.45, 7) is 4.72. The predicted molar refractivity (Wildman–Crippen MR) is 66.9 cm³/mol. The summed E-state index contributed by atoms with van der Waals surface area (Å²) in [5.74, 6) is 0. The third-order valence-electron chi connectivity index (χ3n) is 2.01. The van der Waals surface area contributed by atoms with Gasteiger partial charge in [0.2, 0.25) is 0 Å². The van der Waals surface area contributed by atoms with Crippen LogP contribution in [0.1, 0.15) is 26.3 Å². The van der Waals surface area contributed by atoms with Gasteiger partial charge in [-0.05, 0) is 20.8 Å². The maximum absolute atomic E-state index is 12.9. The summed E-state index contributed by atoms with van der Waals surface area (Å²) in [6.07, 6.45) is -4.62. The molecule has 6 heteroatoms. The molecular weight excluding hydrogens is 263 g/mol. The molecule has 0 saturated heterocycles. The Bertz CT molecular complexity index is 460. The van der Waals surface area contributed by atoms with E-state index in [2.05, 4.69) is 4.40 Å². The molecule has 0 unspecified atom stereocenters. The molecule has 0 radical (unpaired) electrons. The standard InChI is InChI=1S/C12H14F3NOS/c1-11(2,3)18(17)16-10(12(13,14)15)9-7-5-4-6-8-9/h4-8H,1-3H3/b16-10+/t18-/m0/s1. The van der Waals surface area contributed by atoms with Crippen LogP contribution >= 0.6 is 0 Å². The fraction of sp³-hybridized carbons (Fsp3) is 0.417. The number of rotatable bonds is 2. The van der Waals surface area contributed by atoms with E-state index in [0.717, 1.165) is 0 Å². The average molecular weight is 277 g/mol. The van der Waals surface area contributed by atoms with Crippen LogP contribution in [-0.4, -0.2) is 20.8 Å². The van der Waals surface area contributed by atoms with Crippen molar-refractivity contribution < 1.29 is 17.4 Å². The molecule has 0 bridgehead atoms. The summed E-state index contributed by atoms with van der Waals surface area (Å²) < 4.78 is 52.9. The molecule has 0 fully saturated rings. The molecule has 1 rings (SSSR count). The molecular formula is C12H14F3NOS. The SMILES string of the molecule is CC(C)(C)[S@](=O)/N=C(\c1ccccc1)C(F)(F)F. The number of benzene rings is 1. The van der Waals surface area contributed by atoms with Gasteiger partial charge in [0, 0.05) is 5.56 Å². The fourth-order valence-electron chi connectivity index (χ4n) is 1.08. The highest BCUT2D eigenvalue weighted by molar-refractivity contribution is 7.85. The molecule has 100 valence electrons. The zero-order chi connectivity index (χ0) is 14.0. The van der Waals surface area contributed by atoms with Crippen molar-refractivity contribution in [3.63, 3.8) is 0 Å². The molecule has 0 amide bonds. The van der Waals surface area contributed by atoms with Gasteiger partial charge in [-0.25, -0.2) is 4.21 Å². The van der Waals surface area contributed by atoms with Crippen LogP contribution in [0.3, 0.4) is 0 Å². The molecule has 0 aliphatic carbocycles.